The Labute approximate surface area is 169 Å². The van der Waals surface area contributed by atoms with E-state index in [-0.39, 0.29) is 5.82 Å². The van der Waals surface area contributed by atoms with E-state index in [1.54, 1.807) is 18.2 Å². The van der Waals surface area contributed by atoms with Crippen molar-refractivity contribution in [1.29, 1.82) is 0 Å². The van der Waals surface area contributed by atoms with Crippen molar-refractivity contribution in [3.63, 3.8) is 0 Å². The molecule has 0 spiro atoms. The summed E-state index contributed by atoms with van der Waals surface area (Å²) in [6.45, 7) is 0. The lowest BCUT2D eigenvalue weighted by molar-refractivity contribution is 0.101. The highest BCUT2D eigenvalue weighted by molar-refractivity contribution is 6.36. The van der Waals surface area contributed by atoms with Gasteiger partial charge in [0.15, 0.2) is 0 Å². The van der Waals surface area contributed by atoms with Crippen molar-refractivity contribution in [2.24, 2.45) is 0 Å². The van der Waals surface area contributed by atoms with Gasteiger partial charge >= 0.3 is 5.76 Å². The van der Waals surface area contributed by atoms with Crippen LogP contribution in [0.5, 0.6) is 5.75 Å². The van der Waals surface area contributed by atoms with Crippen LogP contribution in [0.1, 0.15) is 39.3 Å². The number of nitrogens with zero attached hydrogens (tertiary/aromatic N) is 1. The monoisotopic (exact) mass is 419 g/mol. The van der Waals surface area contributed by atoms with Gasteiger partial charge in [-0.25, -0.2) is 4.79 Å². The van der Waals surface area contributed by atoms with Crippen molar-refractivity contribution in [2.45, 2.75) is 25.7 Å². The van der Waals surface area contributed by atoms with Crippen LogP contribution in [0.4, 0.5) is 5.69 Å². The topological polar surface area (TPSA) is 108 Å². The largest absolute Gasteiger partial charge is 0.508 e. The van der Waals surface area contributed by atoms with Crippen LogP contribution in [0.3, 0.4) is 0 Å². The average Bonchev–Trinajstić information content (AvgIpc) is 3.29. The lowest BCUT2D eigenvalue weighted by Crippen LogP contribution is -2.15. The van der Waals surface area contributed by atoms with E-state index in [0.29, 0.717) is 27.9 Å². The van der Waals surface area contributed by atoms with Gasteiger partial charge in [-0.15, -0.1) is 0 Å². The van der Waals surface area contributed by atoms with Crippen molar-refractivity contribution in [1.82, 2.24) is 10.1 Å². The first kappa shape index (κ1) is 18.6. The molecule has 1 heterocycles. The Kier molecular flexibility index (Phi) is 4.87. The summed E-state index contributed by atoms with van der Waals surface area (Å²) in [5.41, 5.74) is 4.32. The quantitative estimate of drug-likeness (QED) is 0.597. The molecule has 9 heteroatoms. The molecule has 28 heavy (non-hydrogen) atoms. The molecule has 1 amide bonds. The molecule has 0 saturated carbocycles. The first-order valence-corrected chi connectivity index (χ1v) is 9.36. The number of fused-ring (bicyclic) bond motifs is 1. The summed E-state index contributed by atoms with van der Waals surface area (Å²) in [6, 6.07) is 6.76. The van der Waals surface area contributed by atoms with Gasteiger partial charge in [0, 0.05) is 22.2 Å². The first-order valence-electron chi connectivity index (χ1n) is 8.60. The third-order valence-corrected chi connectivity index (χ3v) is 5.45. The van der Waals surface area contributed by atoms with Gasteiger partial charge < -0.3 is 10.4 Å². The van der Waals surface area contributed by atoms with Gasteiger partial charge in [-0.1, -0.05) is 29.3 Å². The molecule has 1 aromatic heterocycles. The maximum atomic E-state index is 12.1. The van der Waals surface area contributed by atoms with Gasteiger partial charge in [-0.2, -0.15) is 0 Å². The summed E-state index contributed by atoms with van der Waals surface area (Å²) in [6.07, 6.45) is 3.31. The highest BCUT2D eigenvalue weighted by Gasteiger charge is 2.20. The van der Waals surface area contributed by atoms with E-state index in [9.17, 15) is 14.7 Å². The van der Waals surface area contributed by atoms with E-state index in [1.807, 2.05) is 6.07 Å². The van der Waals surface area contributed by atoms with Gasteiger partial charge in [0.05, 0.1) is 0 Å². The van der Waals surface area contributed by atoms with E-state index in [2.05, 4.69) is 20.0 Å². The molecule has 3 aromatic rings. The molecule has 0 unspecified atom stereocenters. The highest BCUT2D eigenvalue weighted by atomic mass is 35.5. The molecule has 0 radical (unpaired) electrons. The van der Waals surface area contributed by atoms with Crippen LogP contribution in [0.15, 0.2) is 33.6 Å². The van der Waals surface area contributed by atoms with E-state index in [1.165, 1.54) is 0 Å². The molecule has 0 aliphatic heterocycles. The zero-order chi connectivity index (χ0) is 19.8. The molecule has 0 saturated heterocycles. The Balaban J connectivity index is 1.59. The zero-order valence-corrected chi connectivity index (χ0v) is 16.0. The van der Waals surface area contributed by atoms with Crippen LogP contribution in [0.25, 0.3) is 0 Å². The van der Waals surface area contributed by atoms with Crippen LogP contribution >= 0.6 is 23.2 Å². The molecular weight excluding hydrogens is 405 g/mol. The summed E-state index contributed by atoms with van der Waals surface area (Å²) in [7, 11) is 0. The molecule has 0 fully saturated rings. The Morgan fingerprint density at radius 2 is 1.93 bits per heavy atom. The minimum Gasteiger partial charge on any atom is -0.508 e. The number of hydrogen-bond donors (Lipinski definition) is 3. The zero-order valence-electron chi connectivity index (χ0n) is 14.5. The number of phenols is 1. The number of anilines is 1. The van der Waals surface area contributed by atoms with Crippen molar-refractivity contribution in [3.8, 4) is 5.75 Å². The number of hydrogen-bond acceptors (Lipinski definition) is 5. The molecule has 2 aromatic carbocycles. The third kappa shape index (κ3) is 3.50. The van der Waals surface area contributed by atoms with E-state index < -0.39 is 11.7 Å². The van der Waals surface area contributed by atoms with Crippen molar-refractivity contribution in [3.05, 3.63) is 72.9 Å². The fourth-order valence-electron chi connectivity index (χ4n) is 3.48. The second-order valence-corrected chi connectivity index (χ2v) is 7.36. The lowest BCUT2D eigenvalue weighted by Gasteiger charge is -2.14. The predicted molar refractivity (Wildman–Crippen MR) is 104 cm³/mol. The smallest absolute Gasteiger partial charge is 0.439 e. The minimum atomic E-state index is -0.821. The number of aromatic nitrogens is 2. The molecule has 144 valence electrons. The molecular formula is C19H15Cl2N3O4. The number of carbonyl (C=O) groups excluding carboxylic acids is 1. The molecule has 7 nitrogen and oxygen atoms in total. The first-order chi connectivity index (χ1) is 13.4. The van der Waals surface area contributed by atoms with Crippen LogP contribution in [-0.2, 0) is 19.3 Å². The number of aromatic amines is 1. The van der Waals surface area contributed by atoms with Gasteiger partial charge in [0.1, 0.15) is 5.75 Å². The number of phenolic OH excluding ortho intramolecular Hbond substituents is 1. The standard InChI is InChI=1S/C19H15Cl2N3O4/c20-14-7-10(22-18(26)17-23-19(27)28-24-17)8-15(21)13(14)6-9-4-5-16(25)12-3-1-2-11(9)12/h4-5,7-8,25H,1-3,6H2,(H,22,26)(H,23,24,27). The number of aromatic hydroxyl groups is 1. The van der Waals surface area contributed by atoms with Crippen molar-refractivity contribution >= 4 is 34.8 Å². The Bertz CT molecular complexity index is 1110. The summed E-state index contributed by atoms with van der Waals surface area (Å²) in [5, 5.41) is 16.7. The molecule has 1 aliphatic carbocycles. The Morgan fingerprint density at radius 3 is 2.61 bits per heavy atom. The lowest BCUT2D eigenvalue weighted by atomic mass is 9.96. The number of carbonyl (C=O) groups is 1. The van der Waals surface area contributed by atoms with Crippen LogP contribution in [0, 0.1) is 0 Å². The van der Waals surface area contributed by atoms with Gasteiger partial charge in [-0.3, -0.25) is 14.3 Å². The van der Waals surface area contributed by atoms with Gasteiger partial charge in [0.25, 0.3) is 5.91 Å². The number of nitrogens with one attached hydrogen (secondary N) is 2. The van der Waals surface area contributed by atoms with Crippen LogP contribution < -0.4 is 11.1 Å². The average molecular weight is 420 g/mol. The van der Waals surface area contributed by atoms with Gasteiger partial charge in [0.2, 0.25) is 5.82 Å². The minimum absolute atomic E-state index is 0.249. The summed E-state index contributed by atoms with van der Waals surface area (Å²) < 4.78 is 4.31. The molecule has 0 bridgehead atoms. The molecule has 0 atom stereocenters. The van der Waals surface area contributed by atoms with E-state index >= 15 is 0 Å². The molecule has 1 aliphatic rings. The predicted octanol–water partition coefficient (Wildman–Crippen LogP) is 3.71. The Hall–Kier alpha value is -2.77. The van der Waals surface area contributed by atoms with Gasteiger partial charge in [-0.05, 0) is 64.9 Å². The highest BCUT2D eigenvalue weighted by Crippen LogP contribution is 2.36. The molecule has 3 N–H and O–H groups in total. The van der Waals surface area contributed by atoms with Crippen molar-refractivity contribution < 1.29 is 14.4 Å². The Morgan fingerprint density at radius 1 is 1.21 bits per heavy atom. The van der Waals surface area contributed by atoms with Crippen LogP contribution in [-0.4, -0.2) is 21.2 Å². The SMILES string of the molecule is O=C(Nc1cc(Cl)c(Cc2ccc(O)c3c2CCC3)c(Cl)c1)c1noc(=O)[nH]1. The fraction of sp³-hybridized carbons (Fsp3) is 0.211. The number of amides is 1. The summed E-state index contributed by atoms with van der Waals surface area (Å²) >= 11 is 12.8. The van der Waals surface area contributed by atoms with Crippen molar-refractivity contribution in [2.75, 3.05) is 5.32 Å². The normalized spacial score (nSPS) is 12.8. The second-order valence-electron chi connectivity index (χ2n) is 6.55. The maximum absolute atomic E-state index is 12.1. The number of H-pyrrole nitrogens is 1. The van der Waals surface area contributed by atoms with E-state index in [0.717, 1.165) is 41.5 Å². The summed E-state index contributed by atoms with van der Waals surface area (Å²) in [4.78, 5) is 25.2. The second kappa shape index (κ2) is 7.33. The molecule has 4 rings (SSSR count). The fourth-order valence-corrected chi connectivity index (χ4v) is 4.10. The number of halogens is 2. The number of rotatable bonds is 4. The van der Waals surface area contributed by atoms with E-state index in [4.69, 9.17) is 23.2 Å². The number of benzene rings is 2. The maximum Gasteiger partial charge on any atom is 0.439 e. The van der Waals surface area contributed by atoms with Crippen LogP contribution in [0.2, 0.25) is 10.0 Å². The third-order valence-electron chi connectivity index (χ3n) is 4.78. The summed E-state index contributed by atoms with van der Waals surface area (Å²) in [5.74, 6) is -1.39.